The number of aryl methyl sites for hydroxylation is 2. The Labute approximate surface area is 166 Å². The first kappa shape index (κ1) is 20.1. The summed E-state index contributed by atoms with van der Waals surface area (Å²) in [6, 6.07) is 15.7. The maximum atomic E-state index is 13.0. The fourth-order valence-corrected chi connectivity index (χ4v) is 3.84. The zero-order valence-corrected chi connectivity index (χ0v) is 16.8. The summed E-state index contributed by atoms with van der Waals surface area (Å²) in [4.78, 5) is 27.7. The second kappa shape index (κ2) is 9.02. The monoisotopic (exact) mass is 380 g/mol. The Balaban J connectivity index is 1.83. The Morgan fingerprint density at radius 1 is 1.07 bits per heavy atom. The van der Waals surface area contributed by atoms with E-state index in [1.807, 2.05) is 48.2 Å². The van der Waals surface area contributed by atoms with Gasteiger partial charge in [0, 0.05) is 38.2 Å². The molecule has 0 radical (unpaired) electrons. The van der Waals surface area contributed by atoms with Crippen LogP contribution in [0.1, 0.15) is 33.0 Å². The zero-order chi connectivity index (χ0) is 20.1. The largest absolute Gasteiger partial charge is 0.383 e. The molecule has 0 aromatic heterocycles. The molecule has 1 aliphatic rings. The predicted molar refractivity (Wildman–Crippen MR) is 109 cm³/mol. The first-order chi connectivity index (χ1) is 13.5. The lowest BCUT2D eigenvalue weighted by molar-refractivity contribution is -0.125. The number of hydrogen-bond acceptors (Lipinski definition) is 3. The quantitative estimate of drug-likeness (QED) is 0.784. The Morgan fingerprint density at radius 2 is 1.79 bits per heavy atom. The molecule has 0 aliphatic carbocycles. The third-order valence-electron chi connectivity index (χ3n) is 5.44. The molecule has 2 aromatic rings. The highest BCUT2D eigenvalue weighted by Gasteiger charge is 2.40. The van der Waals surface area contributed by atoms with Gasteiger partial charge in [-0.2, -0.15) is 0 Å². The van der Waals surface area contributed by atoms with E-state index in [0.717, 1.165) is 16.7 Å². The average molecular weight is 380 g/mol. The molecule has 2 atom stereocenters. The van der Waals surface area contributed by atoms with E-state index in [9.17, 15) is 9.59 Å². The van der Waals surface area contributed by atoms with Crippen LogP contribution in [0.5, 0.6) is 0 Å². The fourth-order valence-electron chi connectivity index (χ4n) is 3.84. The van der Waals surface area contributed by atoms with E-state index >= 15 is 0 Å². The lowest BCUT2D eigenvalue weighted by Crippen LogP contribution is -2.37. The topological polar surface area (TPSA) is 58.6 Å². The van der Waals surface area contributed by atoms with Gasteiger partial charge in [0.2, 0.25) is 5.91 Å². The fraction of sp³-hybridized carbons (Fsp3) is 0.391. The summed E-state index contributed by atoms with van der Waals surface area (Å²) in [7, 11) is 1.61. The molecule has 3 rings (SSSR count). The molecule has 1 fully saturated rings. The highest BCUT2D eigenvalue weighted by Crippen LogP contribution is 2.35. The highest BCUT2D eigenvalue weighted by molar-refractivity contribution is 5.95. The maximum absolute atomic E-state index is 13.0. The Morgan fingerprint density at radius 3 is 2.46 bits per heavy atom. The van der Waals surface area contributed by atoms with Crippen LogP contribution in [0.4, 0.5) is 0 Å². The first-order valence-electron chi connectivity index (χ1n) is 9.69. The molecule has 2 amide bonds. The number of rotatable bonds is 6. The summed E-state index contributed by atoms with van der Waals surface area (Å²) in [6.45, 7) is 5.96. The van der Waals surface area contributed by atoms with Gasteiger partial charge in [-0.15, -0.1) is 0 Å². The average Bonchev–Trinajstić information content (AvgIpc) is 3.14. The van der Waals surface area contributed by atoms with Crippen molar-refractivity contribution in [3.05, 3.63) is 70.8 Å². The van der Waals surface area contributed by atoms with Crippen molar-refractivity contribution in [3.8, 4) is 0 Å². The molecule has 0 unspecified atom stereocenters. The molecule has 1 aliphatic heterocycles. The van der Waals surface area contributed by atoms with Crippen LogP contribution < -0.4 is 5.32 Å². The van der Waals surface area contributed by atoms with E-state index in [2.05, 4.69) is 24.4 Å². The molecule has 148 valence electrons. The van der Waals surface area contributed by atoms with Crippen LogP contribution in [0.15, 0.2) is 48.5 Å². The third kappa shape index (κ3) is 4.42. The number of nitrogens with one attached hydrogen (secondary N) is 1. The molecule has 1 saturated heterocycles. The van der Waals surface area contributed by atoms with E-state index in [0.29, 0.717) is 31.8 Å². The molecule has 28 heavy (non-hydrogen) atoms. The number of ether oxygens (including phenoxy) is 1. The van der Waals surface area contributed by atoms with Crippen molar-refractivity contribution in [2.24, 2.45) is 5.92 Å². The van der Waals surface area contributed by atoms with Gasteiger partial charge in [0.25, 0.3) is 5.91 Å². The van der Waals surface area contributed by atoms with Crippen LogP contribution in [0.2, 0.25) is 0 Å². The van der Waals surface area contributed by atoms with Gasteiger partial charge >= 0.3 is 0 Å². The summed E-state index contributed by atoms with van der Waals surface area (Å²) < 4.78 is 5.03. The molecular formula is C23H28N2O3. The minimum Gasteiger partial charge on any atom is -0.383 e. The Hall–Kier alpha value is -2.66. The smallest absolute Gasteiger partial charge is 0.253 e. The molecule has 1 N–H and O–H groups in total. The number of carbonyl (C=O) groups is 2. The maximum Gasteiger partial charge on any atom is 0.253 e. The Bertz CT molecular complexity index is 832. The van der Waals surface area contributed by atoms with Crippen molar-refractivity contribution in [2.75, 3.05) is 33.4 Å². The minimum atomic E-state index is -0.271. The van der Waals surface area contributed by atoms with Crippen molar-refractivity contribution in [1.29, 1.82) is 0 Å². The second-order valence-corrected chi connectivity index (χ2v) is 7.43. The van der Waals surface area contributed by atoms with Crippen molar-refractivity contribution in [3.63, 3.8) is 0 Å². The molecule has 0 bridgehead atoms. The van der Waals surface area contributed by atoms with Gasteiger partial charge in [-0.3, -0.25) is 9.59 Å². The summed E-state index contributed by atoms with van der Waals surface area (Å²) >= 11 is 0. The molecular weight excluding hydrogens is 352 g/mol. The van der Waals surface area contributed by atoms with Gasteiger partial charge in [-0.1, -0.05) is 42.0 Å². The summed E-state index contributed by atoms with van der Waals surface area (Å²) in [5.41, 5.74) is 4.06. The van der Waals surface area contributed by atoms with E-state index in [1.165, 1.54) is 0 Å². The van der Waals surface area contributed by atoms with Gasteiger partial charge in [0.15, 0.2) is 0 Å². The molecule has 1 heterocycles. The Kier molecular flexibility index (Phi) is 6.47. The molecule has 5 heteroatoms. The third-order valence-corrected chi connectivity index (χ3v) is 5.44. The predicted octanol–water partition coefficient (Wildman–Crippen LogP) is 2.92. The van der Waals surface area contributed by atoms with Crippen LogP contribution in [-0.2, 0) is 9.53 Å². The summed E-state index contributed by atoms with van der Waals surface area (Å²) in [5, 5.41) is 2.95. The molecule has 2 aromatic carbocycles. The van der Waals surface area contributed by atoms with E-state index in [1.54, 1.807) is 7.11 Å². The molecule has 0 spiro atoms. The number of carbonyl (C=O) groups excluding carboxylic acids is 2. The van der Waals surface area contributed by atoms with Crippen molar-refractivity contribution >= 4 is 11.8 Å². The number of amides is 2. The van der Waals surface area contributed by atoms with Gasteiger partial charge < -0.3 is 15.0 Å². The van der Waals surface area contributed by atoms with Gasteiger partial charge in [-0.25, -0.2) is 0 Å². The van der Waals surface area contributed by atoms with Crippen molar-refractivity contribution in [2.45, 2.75) is 19.8 Å². The van der Waals surface area contributed by atoms with Crippen molar-refractivity contribution < 1.29 is 14.3 Å². The lowest BCUT2D eigenvalue weighted by atomic mass is 9.86. The van der Waals surface area contributed by atoms with Crippen LogP contribution >= 0.6 is 0 Å². The van der Waals surface area contributed by atoms with Gasteiger partial charge in [0.1, 0.15) is 0 Å². The minimum absolute atomic E-state index is 0.0156. The van der Waals surface area contributed by atoms with Crippen LogP contribution in [0.3, 0.4) is 0 Å². The number of nitrogens with zero attached hydrogens (tertiary/aromatic N) is 1. The van der Waals surface area contributed by atoms with E-state index in [-0.39, 0.29) is 23.7 Å². The summed E-state index contributed by atoms with van der Waals surface area (Å²) in [6.07, 6.45) is 0. The zero-order valence-electron chi connectivity index (χ0n) is 16.8. The van der Waals surface area contributed by atoms with Gasteiger partial charge in [0.05, 0.1) is 12.5 Å². The van der Waals surface area contributed by atoms with Crippen molar-refractivity contribution in [1.82, 2.24) is 10.2 Å². The highest BCUT2D eigenvalue weighted by atomic mass is 16.5. The summed E-state index contributed by atoms with van der Waals surface area (Å²) in [5.74, 6) is -0.333. The van der Waals surface area contributed by atoms with Crippen LogP contribution in [0.25, 0.3) is 0 Å². The number of benzene rings is 2. The van der Waals surface area contributed by atoms with Gasteiger partial charge in [-0.05, 0) is 37.1 Å². The second-order valence-electron chi connectivity index (χ2n) is 7.43. The molecule has 5 nitrogen and oxygen atoms in total. The first-order valence-corrected chi connectivity index (χ1v) is 9.69. The van der Waals surface area contributed by atoms with Crippen LogP contribution in [-0.4, -0.2) is 50.1 Å². The van der Waals surface area contributed by atoms with E-state index in [4.69, 9.17) is 4.74 Å². The molecule has 0 saturated carbocycles. The number of methoxy groups -OCH3 is 1. The van der Waals surface area contributed by atoms with E-state index < -0.39 is 0 Å². The number of hydrogen-bond donors (Lipinski definition) is 1. The lowest BCUT2D eigenvalue weighted by Gasteiger charge is -2.19. The van der Waals surface area contributed by atoms with Crippen LogP contribution in [0, 0.1) is 19.8 Å². The standard InChI is InChI=1S/C23H28N2O3/c1-16-8-10-18(11-9-16)23(27)25-14-20(19-7-5-4-6-17(19)2)21(15-25)22(26)24-12-13-28-3/h4-11,20-21H,12-15H2,1-3H3,(H,24,26)/t20-,21-/m0/s1. The normalized spacial score (nSPS) is 18.9. The number of likely N-dealkylation sites (tertiary alicyclic amines) is 1. The SMILES string of the molecule is COCCNC(=O)[C@H]1CN(C(=O)c2ccc(C)cc2)C[C@H]1c1ccccc1C.